The maximum absolute atomic E-state index is 2.63. The van der Waals surface area contributed by atoms with Crippen molar-refractivity contribution in [1.29, 1.82) is 0 Å². The molecule has 4 bridgehead atoms. The molecule has 2 spiro atoms. The van der Waals surface area contributed by atoms with E-state index in [9.17, 15) is 0 Å². The van der Waals surface area contributed by atoms with Gasteiger partial charge in [-0.1, -0.05) is 104 Å². The molecule has 1 nitrogen and oxygen atoms in total. The van der Waals surface area contributed by atoms with Gasteiger partial charge in [0.1, 0.15) is 0 Å². The van der Waals surface area contributed by atoms with Gasteiger partial charge in [-0.3, -0.25) is 0 Å². The molecule has 2 heteroatoms. The molecule has 5 atom stereocenters. The largest absolute Gasteiger partial charge is 0.310 e. The van der Waals surface area contributed by atoms with Gasteiger partial charge in [-0.25, -0.2) is 0 Å². The molecular weight excluding hydrogens is 671 g/mol. The molecule has 5 saturated carbocycles. The van der Waals surface area contributed by atoms with Crippen molar-refractivity contribution in [2.75, 3.05) is 4.90 Å². The lowest BCUT2D eigenvalue weighted by atomic mass is 9.51. The van der Waals surface area contributed by atoms with Gasteiger partial charge in [0.05, 0.1) is 5.69 Å². The maximum atomic E-state index is 2.63. The lowest BCUT2D eigenvalue weighted by molar-refractivity contribution is 0.0618. The number of fused-ring (bicyclic) bond motifs is 12. The van der Waals surface area contributed by atoms with E-state index in [0.717, 1.165) is 23.7 Å². The molecule has 1 heterocycles. The van der Waals surface area contributed by atoms with Gasteiger partial charge in [-0.2, -0.15) is 0 Å². The first-order valence-corrected chi connectivity index (χ1v) is 21.7. The van der Waals surface area contributed by atoms with Crippen molar-refractivity contribution in [3.8, 4) is 22.3 Å². The maximum Gasteiger partial charge on any atom is 0.0554 e. The average Bonchev–Trinajstić information content (AvgIpc) is 3.95. The summed E-state index contributed by atoms with van der Waals surface area (Å²) >= 11 is 1.92. The smallest absolute Gasteiger partial charge is 0.0554 e. The standard InChI is InChI=1S/C52H45NS/c1-4-13-43-38(10-1)41-30-36(20-22-44(41)51(43)24-7-8-25-51)53(47-15-9-17-49-50(47)40-12-3-6-16-48(40)54-49)37-21-23-46-42(31-37)39-11-2-5-14-45(39)52(46)34-19-18-32-26-33(28-34)29-35(52)27-32/h1-6,9-17,20-23,30-35H,7-8,18-19,24-29H2. The zero-order chi connectivity index (χ0) is 35.2. The fourth-order valence-corrected chi connectivity index (χ4v) is 15.0. The third-order valence-electron chi connectivity index (χ3n) is 15.7. The highest BCUT2D eigenvalue weighted by molar-refractivity contribution is 7.26. The van der Waals surface area contributed by atoms with Crippen LogP contribution in [0, 0.1) is 23.7 Å². The monoisotopic (exact) mass is 715 g/mol. The normalized spacial score (nSPS) is 26.4. The fraction of sp³-hybridized carbons (Fsp3) is 0.308. The minimum atomic E-state index is 0.164. The summed E-state index contributed by atoms with van der Waals surface area (Å²) in [6.45, 7) is 0. The highest BCUT2D eigenvalue weighted by atomic mass is 32.1. The minimum absolute atomic E-state index is 0.164. The topological polar surface area (TPSA) is 3.24 Å². The summed E-state index contributed by atoms with van der Waals surface area (Å²) in [5, 5.41) is 2.71. The molecule has 5 fully saturated rings. The minimum Gasteiger partial charge on any atom is -0.310 e. The van der Waals surface area contributed by atoms with Gasteiger partial charge in [0.25, 0.3) is 0 Å². The van der Waals surface area contributed by atoms with E-state index in [1.54, 1.807) is 22.3 Å². The highest BCUT2D eigenvalue weighted by Gasteiger charge is 2.59. The Kier molecular flexibility index (Phi) is 6.23. The molecule has 1 aromatic heterocycles. The number of thiophene rings is 1. The molecule has 0 saturated heterocycles. The molecule has 0 amide bonds. The van der Waals surface area contributed by atoms with Crippen molar-refractivity contribution in [2.24, 2.45) is 23.7 Å². The van der Waals surface area contributed by atoms with Crippen molar-refractivity contribution in [3.63, 3.8) is 0 Å². The molecule has 0 radical (unpaired) electrons. The second-order valence-electron chi connectivity index (χ2n) is 17.9. The molecule has 5 unspecified atom stereocenters. The molecule has 0 aliphatic heterocycles. The van der Waals surface area contributed by atoms with Crippen LogP contribution in [0.15, 0.2) is 127 Å². The van der Waals surface area contributed by atoms with Gasteiger partial charge >= 0.3 is 0 Å². The van der Waals surface area contributed by atoms with Crippen molar-refractivity contribution in [1.82, 2.24) is 0 Å². The van der Waals surface area contributed by atoms with E-state index in [4.69, 9.17) is 0 Å². The fourth-order valence-electron chi connectivity index (χ4n) is 13.9. The number of benzene rings is 6. The van der Waals surface area contributed by atoms with E-state index >= 15 is 0 Å². The van der Waals surface area contributed by atoms with Gasteiger partial charge in [0.15, 0.2) is 0 Å². The van der Waals surface area contributed by atoms with Crippen LogP contribution in [0.5, 0.6) is 0 Å². The summed E-state index contributed by atoms with van der Waals surface area (Å²) in [4.78, 5) is 2.63. The third kappa shape index (κ3) is 3.86. The first-order chi connectivity index (χ1) is 26.7. The lowest BCUT2D eigenvalue weighted by Crippen LogP contribution is -2.48. The molecule has 7 aliphatic rings. The summed E-state index contributed by atoms with van der Waals surface area (Å²) in [6.07, 6.45) is 13.7. The molecule has 6 aromatic carbocycles. The van der Waals surface area contributed by atoms with E-state index in [1.807, 2.05) is 11.3 Å². The van der Waals surface area contributed by atoms with Crippen LogP contribution in [0.25, 0.3) is 42.4 Å². The van der Waals surface area contributed by atoms with Crippen molar-refractivity contribution >= 4 is 48.6 Å². The predicted molar refractivity (Wildman–Crippen MR) is 227 cm³/mol. The van der Waals surface area contributed by atoms with E-state index in [2.05, 4.69) is 132 Å². The van der Waals surface area contributed by atoms with E-state index in [-0.39, 0.29) is 10.8 Å². The Balaban J connectivity index is 1.06. The molecular formula is C52H45NS. The van der Waals surface area contributed by atoms with Crippen LogP contribution in [0.4, 0.5) is 17.1 Å². The quantitative estimate of drug-likeness (QED) is 0.176. The van der Waals surface area contributed by atoms with Gasteiger partial charge in [-0.05, 0) is 156 Å². The van der Waals surface area contributed by atoms with Crippen LogP contribution in [0.3, 0.4) is 0 Å². The predicted octanol–water partition coefficient (Wildman–Crippen LogP) is 14.5. The second kappa shape index (κ2) is 11.0. The van der Waals surface area contributed by atoms with Crippen molar-refractivity contribution in [2.45, 2.75) is 75.0 Å². The van der Waals surface area contributed by atoms with Crippen LogP contribution < -0.4 is 4.90 Å². The Morgan fingerprint density at radius 2 is 1.13 bits per heavy atom. The summed E-state index contributed by atoms with van der Waals surface area (Å²) in [5.41, 5.74) is 16.4. The Bertz CT molecular complexity index is 2680. The Morgan fingerprint density at radius 1 is 0.500 bits per heavy atom. The summed E-state index contributed by atoms with van der Waals surface area (Å²) < 4.78 is 2.71. The van der Waals surface area contributed by atoms with Crippen LogP contribution in [0.2, 0.25) is 0 Å². The Morgan fingerprint density at radius 3 is 1.98 bits per heavy atom. The third-order valence-corrected chi connectivity index (χ3v) is 16.8. The molecule has 0 N–H and O–H groups in total. The van der Waals surface area contributed by atoms with E-state index in [0.29, 0.717) is 0 Å². The Hall–Kier alpha value is -4.66. The first kappa shape index (κ1) is 30.6. The first-order valence-electron chi connectivity index (χ1n) is 20.9. The number of hydrogen-bond acceptors (Lipinski definition) is 2. The second-order valence-corrected chi connectivity index (χ2v) is 19.0. The molecule has 7 aliphatic carbocycles. The van der Waals surface area contributed by atoms with Crippen LogP contribution in [-0.2, 0) is 10.8 Å². The highest BCUT2D eigenvalue weighted by Crippen LogP contribution is 2.68. The zero-order valence-corrected chi connectivity index (χ0v) is 31.7. The molecule has 14 rings (SSSR count). The average molecular weight is 716 g/mol. The van der Waals surface area contributed by atoms with Gasteiger partial charge < -0.3 is 4.90 Å². The lowest BCUT2D eigenvalue weighted by Gasteiger charge is -2.53. The Labute approximate surface area is 322 Å². The SMILES string of the molecule is c1ccc2c(c1)-c1cc(N(c3ccc4c(c3)-c3ccccc3C43C4CCC5CC(C4)CC3C5)c3cccc4sc5ccccc5c34)ccc1C21CCCC1. The number of nitrogens with zero attached hydrogens (tertiary/aromatic N) is 1. The van der Waals surface area contributed by atoms with Gasteiger partial charge in [0.2, 0.25) is 0 Å². The van der Waals surface area contributed by atoms with Crippen LogP contribution >= 0.6 is 11.3 Å². The van der Waals surface area contributed by atoms with Gasteiger partial charge in [-0.15, -0.1) is 11.3 Å². The molecule has 54 heavy (non-hydrogen) atoms. The van der Waals surface area contributed by atoms with Crippen LogP contribution in [0.1, 0.15) is 86.5 Å². The molecule has 7 aromatic rings. The van der Waals surface area contributed by atoms with Crippen LogP contribution in [-0.4, -0.2) is 0 Å². The molecule has 264 valence electrons. The number of anilines is 3. The van der Waals surface area contributed by atoms with E-state index < -0.39 is 0 Å². The number of rotatable bonds is 3. The van der Waals surface area contributed by atoms with Crippen molar-refractivity contribution < 1.29 is 0 Å². The number of hydrogen-bond donors (Lipinski definition) is 0. The zero-order valence-electron chi connectivity index (χ0n) is 30.9. The van der Waals surface area contributed by atoms with Crippen molar-refractivity contribution in [3.05, 3.63) is 150 Å². The van der Waals surface area contributed by atoms with E-state index in [1.165, 1.54) is 124 Å². The summed E-state index contributed by atoms with van der Waals surface area (Å²) in [7, 11) is 0. The summed E-state index contributed by atoms with van der Waals surface area (Å²) in [5.74, 6) is 3.38. The summed E-state index contributed by atoms with van der Waals surface area (Å²) in [6, 6.07) is 50.2. The van der Waals surface area contributed by atoms with Gasteiger partial charge in [0, 0.05) is 42.4 Å².